The second kappa shape index (κ2) is 6.55. The van der Waals surface area contributed by atoms with Crippen LogP contribution in [0.15, 0.2) is 0 Å². The maximum Gasteiger partial charge on any atom is 0.0706 e. The summed E-state index contributed by atoms with van der Waals surface area (Å²) in [6.45, 7) is 10.5. The third-order valence-electron chi connectivity index (χ3n) is 5.80. The molecule has 0 aromatic heterocycles. The zero-order valence-corrected chi connectivity index (χ0v) is 14.2. The van der Waals surface area contributed by atoms with E-state index in [-0.39, 0.29) is 0 Å². The van der Waals surface area contributed by atoms with Gasteiger partial charge in [-0.25, -0.2) is 0 Å². The molecule has 3 unspecified atom stereocenters. The van der Waals surface area contributed by atoms with Gasteiger partial charge in [0.1, 0.15) is 0 Å². The van der Waals surface area contributed by atoms with Crippen molar-refractivity contribution in [3.63, 3.8) is 0 Å². The Morgan fingerprint density at radius 1 is 1.24 bits per heavy atom. The van der Waals surface area contributed by atoms with E-state index in [0.29, 0.717) is 23.8 Å². The smallest absolute Gasteiger partial charge is 0.0706 e. The maximum absolute atomic E-state index is 6.11. The molecular formula is C18H34N2O. The number of piperazine rings is 1. The lowest BCUT2D eigenvalue weighted by atomic mass is 9.89. The zero-order valence-electron chi connectivity index (χ0n) is 14.2. The highest BCUT2D eigenvalue weighted by molar-refractivity contribution is 5.01. The predicted molar refractivity (Wildman–Crippen MR) is 87.6 cm³/mol. The molecule has 2 aliphatic heterocycles. The molecule has 1 N–H and O–H groups in total. The van der Waals surface area contributed by atoms with Crippen molar-refractivity contribution < 1.29 is 4.74 Å². The molecule has 3 atom stereocenters. The van der Waals surface area contributed by atoms with Crippen LogP contribution in [0, 0.1) is 5.92 Å². The third kappa shape index (κ3) is 3.80. The molecule has 1 saturated carbocycles. The van der Waals surface area contributed by atoms with Crippen LogP contribution in [0.5, 0.6) is 0 Å². The Labute approximate surface area is 130 Å². The minimum Gasteiger partial charge on any atom is -0.374 e. The van der Waals surface area contributed by atoms with Gasteiger partial charge in [-0.1, -0.05) is 26.7 Å². The first-order valence-corrected chi connectivity index (χ1v) is 9.21. The predicted octanol–water partition coefficient (Wildman–Crippen LogP) is 3.19. The summed E-state index contributed by atoms with van der Waals surface area (Å²) in [6.07, 6.45) is 10.3. The van der Waals surface area contributed by atoms with Crippen LogP contribution in [-0.2, 0) is 4.74 Å². The molecule has 2 saturated heterocycles. The van der Waals surface area contributed by atoms with E-state index in [2.05, 4.69) is 31.0 Å². The molecule has 0 amide bonds. The lowest BCUT2D eigenvalue weighted by molar-refractivity contribution is -0.00504. The van der Waals surface area contributed by atoms with Gasteiger partial charge < -0.3 is 10.1 Å². The Morgan fingerprint density at radius 2 is 2.00 bits per heavy atom. The van der Waals surface area contributed by atoms with E-state index in [1.807, 2.05) is 0 Å². The number of nitrogens with one attached hydrogen (secondary N) is 1. The van der Waals surface area contributed by atoms with Gasteiger partial charge in [-0.3, -0.25) is 4.90 Å². The monoisotopic (exact) mass is 294 g/mol. The second-order valence-corrected chi connectivity index (χ2v) is 8.23. The van der Waals surface area contributed by atoms with Gasteiger partial charge in [0.25, 0.3) is 0 Å². The molecule has 0 bridgehead atoms. The van der Waals surface area contributed by atoms with Gasteiger partial charge in [0.2, 0.25) is 0 Å². The summed E-state index contributed by atoms with van der Waals surface area (Å²) in [6, 6.07) is 0.704. The first kappa shape index (κ1) is 15.8. The van der Waals surface area contributed by atoms with E-state index in [1.165, 1.54) is 58.0 Å². The van der Waals surface area contributed by atoms with Crippen molar-refractivity contribution in [3.05, 3.63) is 0 Å². The van der Waals surface area contributed by atoms with E-state index >= 15 is 0 Å². The van der Waals surface area contributed by atoms with Crippen molar-refractivity contribution in [1.29, 1.82) is 0 Å². The maximum atomic E-state index is 6.11. The lowest BCUT2D eigenvalue weighted by Crippen LogP contribution is -2.64. The molecule has 0 radical (unpaired) electrons. The van der Waals surface area contributed by atoms with Crippen molar-refractivity contribution in [2.24, 2.45) is 5.92 Å². The standard InChI is InChI=1S/C18H34N2O/c1-14(2)10-16-11-19-18(8-4-5-9-18)13-20(16)12-17-7-6-15(3)21-17/h14-17,19H,4-13H2,1-3H3. The molecule has 122 valence electrons. The minimum absolute atomic E-state index is 0.428. The van der Waals surface area contributed by atoms with E-state index in [9.17, 15) is 0 Å². The van der Waals surface area contributed by atoms with Crippen molar-refractivity contribution in [1.82, 2.24) is 10.2 Å². The average molecular weight is 294 g/mol. The fraction of sp³-hybridized carbons (Fsp3) is 1.00. The van der Waals surface area contributed by atoms with E-state index in [4.69, 9.17) is 4.74 Å². The second-order valence-electron chi connectivity index (χ2n) is 8.23. The normalized spacial score (nSPS) is 36.9. The molecule has 3 fully saturated rings. The Morgan fingerprint density at radius 3 is 2.62 bits per heavy atom. The number of ether oxygens (including phenoxy) is 1. The number of nitrogens with zero attached hydrogens (tertiary/aromatic N) is 1. The molecular weight excluding hydrogens is 260 g/mol. The highest BCUT2D eigenvalue weighted by atomic mass is 16.5. The third-order valence-corrected chi connectivity index (χ3v) is 5.80. The van der Waals surface area contributed by atoms with Crippen molar-refractivity contribution >= 4 is 0 Å². The van der Waals surface area contributed by atoms with Crippen molar-refractivity contribution in [3.8, 4) is 0 Å². The number of rotatable bonds is 4. The van der Waals surface area contributed by atoms with Crippen molar-refractivity contribution in [2.45, 2.75) is 89.5 Å². The van der Waals surface area contributed by atoms with Crippen LogP contribution in [0.1, 0.15) is 65.7 Å². The summed E-state index contributed by atoms with van der Waals surface area (Å²) >= 11 is 0. The van der Waals surface area contributed by atoms with Gasteiger partial charge in [-0.05, 0) is 44.9 Å². The van der Waals surface area contributed by atoms with Crippen molar-refractivity contribution in [2.75, 3.05) is 19.6 Å². The number of hydrogen-bond donors (Lipinski definition) is 1. The Balaban J connectivity index is 1.64. The molecule has 0 aromatic carbocycles. The van der Waals surface area contributed by atoms with Crippen LogP contribution in [0.2, 0.25) is 0 Å². The summed E-state index contributed by atoms with van der Waals surface area (Å²) in [5.41, 5.74) is 0.428. The van der Waals surface area contributed by atoms with E-state index in [0.717, 1.165) is 12.5 Å². The summed E-state index contributed by atoms with van der Waals surface area (Å²) < 4.78 is 6.11. The SMILES string of the molecule is CC(C)CC1CNC2(CCCC2)CN1CC1CCC(C)O1. The Bertz CT molecular complexity index is 338. The van der Waals surface area contributed by atoms with E-state index in [1.54, 1.807) is 0 Å². The molecule has 1 spiro atoms. The summed E-state index contributed by atoms with van der Waals surface area (Å²) in [5, 5.41) is 3.93. The van der Waals surface area contributed by atoms with Gasteiger partial charge >= 0.3 is 0 Å². The Kier molecular flexibility index (Phi) is 4.92. The molecule has 3 aliphatic rings. The quantitative estimate of drug-likeness (QED) is 0.862. The van der Waals surface area contributed by atoms with Crippen LogP contribution in [0.3, 0.4) is 0 Å². The lowest BCUT2D eigenvalue weighted by Gasteiger charge is -2.47. The molecule has 21 heavy (non-hydrogen) atoms. The topological polar surface area (TPSA) is 24.5 Å². The summed E-state index contributed by atoms with van der Waals surface area (Å²) in [5.74, 6) is 0.778. The fourth-order valence-corrected chi connectivity index (χ4v) is 4.70. The summed E-state index contributed by atoms with van der Waals surface area (Å²) in [7, 11) is 0. The minimum atomic E-state index is 0.428. The van der Waals surface area contributed by atoms with Crippen LogP contribution in [0.25, 0.3) is 0 Å². The Hall–Kier alpha value is -0.120. The largest absolute Gasteiger partial charge is 0.374 e. The van der Waals surface area contributed by atoms with Gasteiger partial charge in [-0.2, -0.15) is 0 Å². The molecule has 1 aliphatic carbocycles. The molecule has 3 rings (SSSR count). The first-order chi connectivity index (χ1) is 10.1. The fourth-order valence-electron chi connectivity index (χ4n) is 4.70. The van der Waals surface area contributed by atoms with Crippen LogP contribution in [0.4, 0.5) is 0 Å². The van der Waals surface area contributed by atoms with Gasteiger partial charge in [0, 0.05) is 31.2 Å². The number of hydrogen-bond acceptors (Lipinski definition) is 3. The van der Waals surface area contributed by atoms with Gasteiger partial charge in [0.05, 0.1) is 12.2 Å². The van der Waals surface area contributed by atoms with Crippen LogP contribution >= 0.6 is 0 Å². The average Bonchev–Trinajstić information content (AvgIpc) is 3.03. The van der Waals surface area contributed by atoms with Crippen LogP contribution < -0.4 is 5.32 Å². The summed E-state index contributed by atoms with van der Waals surface area (Å²) in [4.78, 5) is 2.78. The van der Waals surface area contributed by atoms with Crippen LogP contribution in [-0.4, -0.2) is 48.3 Å². The van der Waals surface area contributed by atoms with E-state index < -0.39 is 0 Å². The molecule has 0 aromatic rings. The first-order valence-electron chi connectivity index (χ1n) is 9.21. The zero-order chi connectivity index (χ0) is 14.9. The highest BCUT2D eigenvalue weighted by Crippen LogP contribution is 2.34. The van der Waals surface area contributed by atoms with Gasteiger partial charge in [-0.15, -0.1) is 0 Å². The molecule has 2 heterocycles. The van der Waals surface area contributed by atoms with Gasteiger partial charge in [0.15, 0.2) is 0 Å². The highest BCUT2D eigenvalue weighted by Gasteiger charge is 2.42. The molecule has 3 heteroatoms. The molecule has 3 nitrogen and oxygen atoms in total.